The molecule has 3 N–H and O–H groups in total. The number of fused-ring (bicyclic) bond motifs is 2. The minimum atomic E-state index is -0.236. The van der Waals surface area contributed by atoms with Crippen molar-refractivity contribution in [2.75, 3.05) is 5.73 Å². The number of pyridine rings is 2. The Morgan fingerprint density at radius 2 is 1.94 bits per heavy atom. The first-order valence-electron chi connectivity index (χ1n) is 10.9. The lowest BCUT2D eigenvalue weighted by Crippen LogP contribution is -2.25. The third-order valence-electron chi connectivity index (χ3n) is 5.92. The van der Waals surface area contributed by atoms with Gasteiger partial charge in [0, 0.05) is 29.2 Å². The van der Waals surface area contributed by atoms with E-state index in [0.717, 1.165) is 44.2 Å². The molecule has 0 spiro atoms. The molecule has 3 heterocycles. The lowest BCUT2D eigenvalue weighted by Gasteiger charge is -2.11. The van der Waals surface area contributed by atoms with Gasteiger partial charge in [-0.15, -0.1) is 0 Å². The smallest absolute Gasteiger partial charge is 0.272 e. The Morgan fingerprint density at radius 3 is 2.76 bits per heavy atom. The number of aromatic nitrogens is 4. The van der Waals surface area contributed by atoms with Gasteiger partial charge in [0.1, 0.15) is 5.82 Å². The monoisotopic (exact) mass is 470 g/mol. The fraction of sp³-hybridized carbons (Fsp3) is 0.154. The molecular weight excluding hydrogens is 448 g/mol. The molecule has 5 rings (SSSR count). The third kappa shape index (κ3) is 4.18. The number of hydrogen-bond donors (Lipinski definition) is 2. The highest BCUT2D eigenvalue weighted by Crippen LogP contribution is 2.23. The van der Waals surface area contributed by atoms with Gasteiger partial charge in [0.2, 0.25) is 0 Å². The highest BCUT2D eigenvalue weighted by molar-refractivity contribution is 6.31. The van der Waals surface area contributed by atoms with Crippen molar-refractivity contribution < 1.29 is 4.79 Å². The number of nitrogens with one attached hydrogen (secondary N) is 1. The second-order valence-corrected chi connectivity index (χ2v) is 8.75. The van der Waals surface area contributed by atoms with E-state index in [4.69, 9.17) is 17.3 Å². The van der Waals surface area contributed by atoms with Crippen LogP contribution in [0.2, 0.25) is 5.02 Å². The molecule has 0 fully saturated rings. The molecule has 0 saturated carbocycles. The lowest BCUT2D eigenvalue weighted by atomic mass is 10.1. The number of carbonyl (C=O) groups excluding carboxylic acids is 1. The topological polar surface area (TPSA) is 98.7 Å². The van der Waals surface area contributed by atoms with E-state index in [1.54, 1.807) is 6.20 Å². The maximum absolute atomic E-state index is 13.1. The van der Waals surface area contributed by atoms with Crippen LogP contribution in [0.15, 0.2) is 60.8 Å². The average molecular weight is 471 g/mol. The van der Waals surface area contributed by atoms with Gasteiger partial charge in [-0.05, 0) is 60.9 Å². The van der Waals surface area contributed by atoms with Crippen molar-refractivity contribution in [2.24, 2.45) is 0 Å². The van der Waals surface area contributed by atoms with E-state index < -0.39 is 0 Å². The fourth-order valence-electron chi connectivity index (χ4n) is 4.25. The number of halogens is 1. The number of amides is 1. The van der Waals surface area contributed by atoms with Crippen molar-refractivity contribution in [3.8, 4) is 0 Å². The molecule has 7 nitrogen and oxygen atoms in total. The van der Waals surface area contributed by atoms with E-state index in [-0.39, 0.29) is 5.91 Å². The molecule has 170 valence electrons. The quantitative estimate of drug-likeness (QED) is 0.384. The van der Waals surface area contributed by atoms with Gasteiger partial charge in [0.25, 0.3) is 5.91 Å². The zero-order valence-electron chi connectivity index (χ0n) is 18.8. The van der Waals surface area contributed by atoms with Crippen LogP contribution in [-0.4, -0.2) is 25.7 Å². The first kappa shape index (κ1) is 21.9. The van der Waals surface area contributed by atoms with Crippen LogP contribution >= 0.6 is 11.6 Å². The van der Waals surface area contributed by atoms with Crippen molar-refractivity contribution in [3.05, 3.63) is 93.9 Å². The number of anilines is 1. The predicted molar refractivity (Wildman–Crippen MR) is 135 cm³/mol. The van der Waals surface area contributed by atoms with E-state index in [1.165, 1.54) is 0 Å². The molecule has 8 heteroatoms. The number of hydrogen-bond acceptors (Lipinski definition) is 5. The van der Waals surface area contributed by atoms with Gasteiger partial charge in [-0.3, -0.25) is 14.5 Å². The van der Waals surface area contributed by atoms with Gasteiger partial charge in [-0.1, -0.05) is 35.9 Å². The van der Waals surface area contributed by atoms with Crippen molar-refractivity contribution in [1.29, 1.82) is 0 Å². The molecule has 0 atom stereocenters. The van der Waals surface area contributed by atoms with Crippen LogP contribution in [0.5, 0.6) is 0 Å². The van der Waals surface area contributed by atoms with Crippen molar-refractivity contribution in [1.82, 2.24) is 25.1 Å². The summed E-state index contributed by atoms with van der Waals surface area (Å²) in [7, 11) is 0. The number of rotatable bonds is 5. The average Bonchev–Trinajstić information content (AvgIpc) is 3.16. The molecule has 0 saturated heterocycles. The second kappa shape index (κ2) is 8.76. The molecule has 2 aromatic carbocycles. The Balaban J connectivity index is 1.44. The molecule has 0 aliphatic heterocycles. The van der Waals surface area contributed by atoms with Crippen LogP contribution in [0, 0.1) is 13.8 Å². The van der Waals surface area contributed by atoms with Gasteiger partial charge < -0.3 is 11.1 Å². The largest absolute Gasteiger partial charge is 0.384 e. The Hall–Kier alpha value is -3.97. The number of nitrogens with two attached hydrogens (primary N) is 1. The van der Waals surface area contributed by atoms with Crippen molar-refractivity contribution in [3.63, 3.8) is 0 Å². The molecule has 0 aliphatic carbocycles. The first-order valence-corrected chi connectivity index (χ1v) is 11.3. The predicted octanol–water partition coefficient (Wildman–Crippen LogP) is 4.81. The van der Waals surface area contributed by atoms with Crippen molar-refractivity contribution >= 4 is 45.1 Å². The summed E-state index contributed by atoms with van der Waals surface area (Å²) in [5.74, 6) is 0.238. The summed E-state index contributed by atoms with van der Waals surface area (Å²) in [4.78, 5) is 21.8. The van der Waals surface area contributed by atoms with Gasteiger partial charge in [0.05, 0.1) is 22.6 Å². The Kier molecular flexibility index (Phi) is 5.63. The molecular formula is C26H23ClN6O. The van der Waals surface area contributed by atoms with Crippen LogP contribution in [0.4, 0.5) is 5.82 Å². The number of benzene rings is 2. The Labute approximate surface area is 201 Å². The second-order valence-electron chi connectivity index (χ2n) is 8.31. The highest BCUT2D eigenvalue weighted by Gasteiger charge is 2.18. The maximum atomic E-state index is 13.1. The van der Waals surface area contributed by atoms with Crippen LogP contribution in [0.3, 0.4) is 0 Å². The summed E-state index contributed by atoms with van der Waals surface area (Å²) in [6.07, 6.45) is 1.64. The van der Waals surface area contributed by atoms with Crippen molar-refractivity contribution in [2.45, 2.75) is 26.9 Å². The van der Waals surface area contributed by atoms with Crippen LogP contribution in [-0.2, 0) is 13.1 Å². The molecule has 0 unspecified atom stereocenters. The lowest BCUT2D eigenvalue weighted by molar-refractivity contribution is 0.0946. The van der Waals surface area contributed by atoms with E-state index in [2.05, 4.69) is 20.4 Å². The standard InChI is InChI=1S/C26H23ClN6O/c1-15-9-24(28)31-16(2)21(15)13-30-26(34)25-20-5-3-4-6-23(20)33(32-25)14-17-7-8-22-18(10-17)11-19(27)12-29-22/h3-12H,13-14H2,1-2H3,(H2,28,31)(H,30,34). The zero-order chi connectivity index (χ0) is 23.8. The van der Waals surface area contributed by atoms with Crippen LogP contribution in [0.1, 0.15) is 32.9 Å². The summed E-state index contributed by atoms with van der Waals surface area (Å²) in [5, 5.41) is 10.0. The minimum absolute atomic E-state index is 0.236. The number of aryl methyl sites for hydroxylation is 2. The Morgan fingerprint density at radius 1 is 1.12 bits per heavy atom. The van der Waals surface area contributed by atoms with E-state index in [0.29, 0.717) is 29.6 Å². The fourth-order valence-corrected chi connectivity index (χ4v) is 4.41. The number of carbonyl (C=O) groups is 1. The SMILES string of the molecule is Cc1cc(N)nc(C)c1CNC(=O)c1nn(Cc2ccc3ncc(Cl)cc3c2)c2ccccc12. The molecule has 34 heavy (non-hydrogen) atoms. The molecule has 0 radical (unpaired) electrons. The Bertz CT molecular complexity index is 1540. The van der Waals surface area contributed by atoms with Crippen LogP contribution < -0.4 is 11.1 Å². The summed E-state index contributed by atoms with van der Waals surface area (Å²) in [5.41, 5.74) is 11.8. The molecule has 5 aromatic rings. The summed E-state index contributed by atoms with van der Waals surface area (Å²) in [6.45, 7) is 4.71. The molecule has 3 aromatic heterocycles. The van der Waals surface area contributed by atoms with E-state index >= 15 is 0 Å². The number of nitrogen functional groups attached to an aromatic ring is 1. The summed E-state index contributed by atoms with van der Waals surface area (Å²) in [6, 6.07) is 17.5. The normalized spacial score (nSPS) is 11.3. The first-order chi connectivity index (χ1) is 16.4. The van der Waals surface area contributed by atoms with Gasteiger partial charge in [0.15, 0.2) is 5.69 Å². The van der Waals surface area contributed by atoms with E-state index in [1.807, 2.05) is 73.1 Å². The van der Waals surface area contributed by atoms with E-state index in [9.17, 15) is 4.79 Å². The maximum Gasteiger partial charge on any atom is 0.272 e. The zero-order valence-corrected chi connectivity index (χ0v) is 19.6. The minimum Gasteiger partial charge on any atom is -0.384 e. The van der Waals surface area contributed by atoms with Gasteiger partial charge in [-0.2, -0.15) is 5.10 Å². The molecule has 0 bridgehead atoms. The van der Waals surface area contributed by atoms with Gasteiger partial charge in [-0.25, -0.2) is 4.98 Å². The number of para-hydroxylation sites is 1. The number of nitrogens with zero attached hydrogens (tertiary/aromatic N) is 4. The molecule has 1 amide bonds. The highest BCUT2D eigenvalue weighted by atomic mass is 35.5. The summed E-state index contributed by atoms with van der Waals surface area (Å²) < 4.78 is 1.85. The third-order valence-corrected chi connectivity index (χ3v) is 6.12. The van der Waals surface area contributed by atoms with Gasteiger partial charge >= 0.3 is 0 Å². The molecule has 0 aliphatic rings. The summed E-state index contributed by atoms with van der Waals surface area (Å²) >= 11 is 6.11. The van der Waals surface area contributed by atoms with Crippen LogP contribution in [0.25, 0.3) is 21.8 Å².